The van der Waals surface area contributed by atoms with Crippen molar-refractivity contribution in [2.45, 2.75) is 13.5 Å². The molecule has 0 aliphatic carbocycles. The van der Waals surface area contributed by atoms with Gasteiger partial charge in [0.15, 0.2) is 0 Å². The average molecular weight is 346 g/mol. The van der Waals surface area contributed by atoms with E-state index in [0.717, 1.165) is 20.6 Å². The van der Waals surface area contributed by atoms with Crippen LogP contribution in [-0.4, -0.2) is 27.6 Å². The molecule has 0 unspecified atom stereocenters. The van der Waals surface area contributed by atoms with Gasteiger partial charge in [0.1, 0.15) is 0 Å². The van der Waals surface area contributed by atoms with Crippen molar-refractivity contribution in [3.8, 4) is 5.69 Å². The number of hydrogen-bond acceptors (Lipinski definition) is 3. The molecule has 0 aliphatic rings. The Kier molecular flexibility index (Phi) is 4.50. The number of aromatic nitrogens is 2. The van der Waals surface area contributed by atoms with E-state index in [1.165, 1.54) is 11.3 Å². The summed E-state index contributed by atoms with van der Waals surface area (Å²) in [5.41, 5.74) is 2.38. The summed E-state index contributed by atoms with van der Waals surface area (Å²) in [5, 5.41) is 4.35. The first-order valence-electron chi connectivity index (χ1n) is 7.16. The molecule has 1 amide bonds. The lowest BCUT2D eigenvalue weighted by molar-refractivity contribution is 0.0785. The van der Waals surface area contributed by atoms with E-state index in [1.54, 1.807) is 22.8 Å². The fourth-order valence-electron chi connectivity index (χ4n) is 2.40. The molecule has 0 radical (unpaired) electrons. The Labute approximate surface area is 143 Å². The van der Waals surface area contributed by atoms with E-state index in [2.05, 4.69) is 5.10 Å². The molecule has 118 valence electrons. The molecular formula is C17H16ClN3OS. The van der Waals surface area contributed by atoms with Crippen LogP contribution >= 0.6 is 22.9 Å². The quantitative estimate of drug-likeness (QED) is 0.711. The second-order valence-electron chi connectivity index (χ2n) is 5.26. The van der Waals surface area contributed by atoms with Crippen LogP contribution in [0, 0.1) is 6.92 Å². The molecule has 3 aromatic rings. The van der Waals surface area contributed by atoms with Crippen LogP contribution in [0.25, 0.3) is 5.69 Å². The highest BCUT2D eigenvalue weighted by molar-refractivity contribution is 7.16. The number of carbonyl (C=O) groups is 1. The van der Waals surface area contributed by atoms with Gasteiger partial charge in [0.25, 0.3) is 5.91 Å². The van der Waals surface area contributed by atoms with Gasteiger partial charge in [0, 0.05) is 11.9 Å². The van der Waals surface area contributed by atoms with Crippen LogP contribution in [-0.2, 0) is 6.54 Å². The predicted molar refractivity (Wildman–Crippen MR) is 93.4 cm³/mol. The van der Waals surface area contributed by atoms with Crippen LogP contribution in [0.4, 0.5) is 0 Å². The van der Waals surface area contributed by atoms with Gasteiger partial charge in [-0.15, -0.1) is 11.3 Å². The molecule has 0 bridgehead atoms. The number of carbonyl (C=O) groups excluding carboxylic acids is 1. The van der Waals surface area contributed by atoms with Gasteiger partial charge < -0.3 is 4.90 Å². The Morgan fingerprint density at radius 3 is 2.65 bits per heavy atom. The lowest BCUT2D eigenvalue weighted by Gasteiger charge is -2.16. The highest BCUT2D eigenvalue weighted by Crippen LogP contribution is 2.23. The number of benzene rings is 1. The maximum absolute atomic E-state index is 12.7. The Balaban J connectivity index is 1.81. The van der Waals surface area contributed by atoms with E-state index in [-0.39, 0.29) is 5.91 Å². The lowest BCUT2D eigenvalue weighted by Crippen LogP contribution is -2.26. The summed E-state index contributed by atoms with van der Waals surface area (Å²) in [7, 11) is 1.79. The first kappa shape index (κ1) is 15.8. The van der Waals surface area contributed by atoms with Gasteiger partial charge >= 0.3 is 0 Å². The summed E-state index contributed by atoms with van der Waals surface area (Å²) in [4.78, 5) is 15.4. The highest BCUT2D eigenvalue weighted by Gasteiger charge is 2.19. The van der Waals surface area contributed by atoms with Crippen LogP contribution in [0.3, 0.4) is 0 Å². The topological polar surface area (TPSA) is 38.1 Å². The van der Waals surface area contributed by atoms with Gasteiger partial charge in [-0.3, -0.25) is 4.79 Å². The molecular weight excluding hydrogens is 330 g/mol. The van der Waals surface area contributed by atoms with E-state index in [9.17, 15) is 4.79 Å². The number of para-hydroxylation sites is 1. The molecule has 23 heavy (non-hydrogen) atoms. The molecule has 0 atom stereocenters. The number of nitrogens with zero attached hydrogens (tertiary/aromatic N) is 3. The van der Waals surface area contributed by atoms with Gasteiger partial charge in [0.05, 0.1) is 34.0 Å². The van der Waals surface area contributed by atoms with Crippen molar-refractivity contribution < 1.29 is 4.79 Å². The maximum atomic E-state index is 12.7. The summed E-state index contributed by atoms with van der Waals surface area (Å²) < 4.78 is 2.51. The smallest absolute Gasteiger partial charge is 0.257 e. The molecule has 2 heterocycles. The van der Waals surface area contributed by atoms with Crippen LogP contribution in [0.1, 0.15) is 20.9 Å². The van der Waals surface area contributed by atoms with Gasteiger partial charge in [-0.25, -0.2) is 4.68 Å². The fourth-order valence-corrected chi connectivity index (χ4v) is 3.54. The molecule has 6 heteroatoms. The largest absolute Gasteiger partial charge is 0.336 e. The summed E-state index contributed by atoms with van der Waals surface area (Å²) in [6.07, 6.45) is 1.63. The van der Waals surface area contributed by atoms with E-state index in [0.29, 0.717) is 12.1 Å². The number of rotatable bonds is 4. The number of amides is 1. The first-order chi connectivity index (χ1) is 11.1. The van der Waals surface area contributed by atoms with E-state index in [4.69, 9.17) is 11.6 Å². The monoisotopic (exact) mass is 345 g/mol. The molecule has 1 aromatic carbocycles. The second-order valence-corrected chi connectivity index (χ2v) is 7.06. The van der Waals surface area contributed by atoms with Crippen LogP contribution < -0.4 is 0 Å². The van der Waals surface area contributed by atoms with Crippen molar-refractivity contribution in [3.63, 3.8) is 0 Å². The normalized spacial score (nSPS) is 10.7. The molecule has 0 saturated carbocycles. The lowest BCUT2D eigenvalue weighted by atomic mass is 10.2. The third-order valence-electron chi connectivity index (χ3n) is 3.61. The minimum Gasteiger partial charge on any atom is -0.336 e. The zero-order valence-corrected chi connectivity index (χ0v) is 14.4. The third-order valence-corrected chi connectivity index (χ3v) is 4.83. The van der Waals surface area contributed by atoms with Crippen molar-refractivity contribution in [3.05, 3.63) is 69.1 Å². The van der Waals surface area contributed by atoms with E-state index >= 15 is 0 Å². The minimum absolute atomic E-state index is 0.0470. The number of thiophene rings is 1. The second kappa shape index (κ2) is 6.56. The van der Waals surface area contributed by atoms with Crippen molar-refractivity contribution in [2.24, 2.45) is 0 Å². The SMILES string of the molecule is Cc1c(C(=O)N(C)Cc2ccc(Cl)s2)cnn1-c1ccccc1. The molecule has 0 fully saturated rings. The molecule has 0 spiro atoms. The Bertz CT molecular complexity index is 825. The zero-order valence-electron chi connectivity index (χ0n) is 12.9. The average Bonchev–Trinajstić information content (AvgIpc) is 3.13. The Morgan fingerprint density at radius 1 is 1.26 bits per heavy atom. The number of hydrogen-bond donors (Lipinski definition) is 0. The zero-order chi connectivity index (χ0) is 16.4. The summed E-state index contributed by atoms with van der Waals surface area (Å²) >= 11 is 7.42. The molecule has 2 aromatic heterocycles. The first-order valence-corrected chi connectivity index (χ1v) is 8.35. The summed E-state index contributed by atoms with van der Waals surface area (Å²) in [6.45, 7) is 2.44. The molecule has 3 rings (SSSR count). The standard InChI is InChI=1S/C17H16ClN3OS/c1-12-15(10-19-21(12)13-6-4-3-5-7-13)17(22)20(2)11-14-8-9-16(18)23-14/h3-10H,11H2,1-2H3. The molecule has 4 nitrogen and oxygen atoms in total. The van der Waals surface area contributed by atoms with Crippen LogP contribution in [0.15, 0.2) is 48.7 Å². The fraction of sp³-hybridized carbons (Fsp3) is 0.176. The van der Waals surface area contributed by atoms with Crippen molar-refractivity contribution in [1.82, 2.24) is 14.7 Å². The van der Waals surface area contributed by atoms with Gasteiger partial charge in [-0.05, 0) is 31.2 Å². The summed E-state index contributed by atoms with van der Waals surface area (Å²) in [6, 6.07) is 13.6. The number of halogens is 1. The van der Waals surface area contributed by atoms with Gasteiger partial charge in [-0.2, -0.15) is 5.10 Å². The minimum atomic E-state index is -0.0470. The van der Waals surface area contributed by atoms with Crippen LogP contribution in [0.2, 0.25) is 4.34 Å². The summed E-state index contributed by atoms with van der Waals surface area (Å²) in [5.74, 6) is -0.0470. The van der Waals surface area contributed by atoms with Gasteiger partial charge in [-0.1, -0.05) is 29.8 Å². The molecule has 0 aliphatic heterocycles. The van der Waals surface area contributed by atoms with Crippen LogP contribution in [0.5, 0.6) is 0 Å². The van der Waals surface area contributed by atoms with Gasteiger partial charge in [0.2, 0.25) is 0 Å². The molecule has 0 N–H and O–H groups in total. The van der Waals surface area contributed by atoms with Crippen molar-refractivity contribution in [2.75, 3.05) is 7.05 Å². The van der Waals surface area contributed by atoms with E-state index in [1.807, 2.05) is 49.4 Å². The molecule has 0 saturated heterocycles. The van der Waals surface area contributed by atoms with E-state index < -0.39 is 0 Å². The van der Waals surface area contributed by atoms with Crippen molar-refractivity contribution in [1.29, 1.82) is 0 Å². The highest BCUT2D eigenvalue weighted by atomic mass is 35.5. The van der Waals surface area contributed by atoms with Crippen molar-refractivity contribution >= 4 is 28.8 Å². The maximum Gasteiger partial charge on any atom is 0.257 e. The Morgan fingerprint density at radius 2 is 2.00 bits per heavy atom. The Hall–Kier alpha value is -2.11. The third kappa shape index (κ3) is 3.30. The predicted octanol–water partition coefficient (Wildman–Crippen LogP) is 4.17.